The van der Waals surface area contributed by atoms with Crippen LogP contribution in [0.3, 0.4) is 0 Å². The molecule has 2 heteroatoms. The Morgan fingerprint density at radius 2 is 1.92 bits per heavy atom. The summed E-state index contributed by atoms with van der Waals surface area (Å²) in [5.74, 6) is 0.747. The van der Waals surface area contributed by atoms with Crippen LogP contribution in [0.1, 0.15) is 19.4 Å². The molecule has 0 spiro atoms. The molecule has 0 atom stereocenters. The van der Waals surface area contributed by atoms with Gasteiger partial charge in [-0.25, -0.2) is 0 Å². The van der Waals surface area contributed by atoms with Crippen molar-refractivity contribution in [1.82, 2.24) is 0 Å². The molecule has 1 aromatic rings. The molecule has 0 nitrogen and oxygen atoms in total. The molecule has 1 rings (SSSR count). The molecule has 0 saturated carbocycles. The largest absolute Gasteiger partial charge is 0.0625 e. The molecule has 0 bridgehead atoms. The summed E-state index contributed by atoms with van der Waals surface area (Å²) >= 11 is 4.77. The van der Waals surface area contributed by atoms with E-state index >= 15 is 0 Å². The zero-order valence-corrected chi connectivity index (χ0v) is 11.6. The van der Waals surface area contributed by atoms with Gasteiger partial charge in [0.05, 0.1) is 0 Å². The van der Waals surface area contributed by atoms with Crippen LogP contribution in [-0.4, -0.2) is 0 Å². The molecule has 0 aliphatic heterocycles. The van der Waals surface area contributed by atoms with Crippen LogP contribution in [0.15, 0.2) is 18.2 Å². The highest BCUT2D eigenvalue weighted by Gasteiger charge is 2.02. The molecule has 1 aromatic carbocycles. The molecule has 0 aliphatic carbocycles. The molecule has 0 aromatic heterocycles. The zero-order valence-electron chi connectivity index (χ0n) is 7.27. The Balaban J connectivity index is 2.90. The lowest BCUT2D eigenvalue weighted by atomic mass is 10.0. The fraction of sp³-hybridized carbons (Fsp3) is 0.400. The molecule has 0 N–H and O–H groups in total. The average Bonchev–Trinajstić information content (AvgIpc) is 1.96. The third-order valence-corrected chi connectivity index (χ3v) is 3.36. The van der Waals surface area contributed by atoms with Gasteiger partial charge in [0.15, 0.2) is 0 Å². The van der Waals surface area contributed by atoms with Crippen LogP contribution in [0.5, 0.6) is 0 Å². The second-order valence-corrected chi connectivity index (χ2v) is 5.74. The lowest BCUT2D eigenvalue weighted by molar-refractivity contribution is 0.645. The van der Waals surface area contributed by atoms with Crippen molar-refractivity contribution < 1.29 is 0 Å². The van der Waals surface area contributed by atoms with Gasteiger partial charge < -0.3 is 0 Å². The van der Waals surface area contributed by atoms with Crippen LogP contribution in [0.25, 0.3) is 0 Å². The Bertz CT molecular complexity index is 267. The molecule has 66 valence electrons. The van der Waals surface area contributed by atoms with Crippen LogP contribution in [0, 0.1) is 13.1 Å². The summed E-state index contributed by atoms with van der Waals surface area (Å²) in [7, 11) is 0. The molecule has 0 radical (unpaired) electrons. The third kappa shape index (κ3) is 3.20. The molecular weight excluding hydrogens is 374 g/mol. The van der Waals surface area contributed by atoms with E-state index in [1.54, 1.807) is 0 Å². The molecule has 0 amide bonds. The van der Waals surface area contributed by atoms with Crippen LogP contribution in [-0.2, 0) is 6.42 Å². The summed E-state index contributed by atoms with van der Waals surface area (Å²) in [6, 6.07) is 6.63. The van der Waals surface area contributed by atoms with Crippen LogP contribution >= 0.6 is 45.2 Å². The lowest BCUT2D eigenvalue weighted by Gasteiger charge is -2.07. The first-order chi connectivity index (χ1) is 5.59. The van der Waals surface area contributed by atoms with Crippen molar-refractivity contribution in [3.8, 4) is 0 Å². The number of benzene rings is 1. The fourth-order valence-electron chi connectivity index (χ4n) is 1.14. The normalized spacial score (nSPS) is 10.8. The van der Waals surface area contributed by atoms with Crippen molar-refractivity contribution in [3.05, 3.63) is 30.9 Å². The Morgan fingerprint density at radius 3 is 2.50 bits per heavy atom. The SMILES string of the molecule is CC(C)Cc1cc(I)ccc1I. The number of rotatable bonds is 2. The molecule has 0 heterocycles. The first-order valence-electron chi connectivity index (χ1n) is 4.03. The van der Waals surface area contributed by atoms with Crippen LogP contribution < -0.4 is 0 Å². The predicted octanol–water partition coefficient (Wildman–Crippen LogP) is 4.09. The number of halogens is 2. The van der Waals surface area contributed by atoms with E-state index in [0.717, 1.165) is 5.92 Å². The summed E-state index contributed by atoms with van der Waals surface area (Å²) in [6.45, 7) is 4.52. The average molecular weight is 386 g/mol. The Hall–Kier alpha value is 0.680. The first kappa shape index (κ1) is 10.8. The van der Waals surface area contributed by atoms with Crippen molar-refractivity contribution in [2.45, 2.75) is 20.3 Å². The summed E-state index contributed by atoms with van der Waals surface area (Å²) in [6.07, 6.45) is 1.19. The maximum Gasteiger partial charge on any atom is 0.0163 e. The van der Waals surface area contributed by atoms with E-state index in [1.807, 2.05) is 0 Å². The second kappa shape index (κ2) is 4.79. The van der Waals surface area contributed by atoms with Gasteiger partial charge in [0.2, 0.25) is 0 Å². The Labute approximate surface area is 101 Å². The highest BCUT2D eigenvalue weighted by Crippen LogP contribution is 2.18. The van der Waals surface area contributed by atoms with E-state index < -0.39 is 0 Å². The van der Waals surface area contributed by atoms with E-state index in [1.165, 1.54) is 19.1 Å². The quantitative estimate of drug-likeness (QED) is 0.672. The number of hydrogen-bond donors (Lipinski definition) is 0. The van der Waals surface area contributed by atoms with Crippen molar-refractivity contribution >= 4 is 45.2 Å². The summed E-state index contributed by atoms with van der Waals surface area (Å²) in [4.78, 5) is 0. The van der Waals surface area contributed by atoms with Gasteiger partial charge in [-0.05, 0) is 81.3 Å². The molecule has 0 fully saturated rings. The van der Waals surface area contributed by atoms with Gasteiger partial charge in [0.25, 0.3) is 0 Å². The van der Waals surface area contributed by atoms with Gasteiger partial charge >= 0.3 is 0 Å². The van der Waals surface area contributed by atoms with Crippen molar-refractivity contribution in [2.24, 2.45) is 5.92 Å². The monoisotopic (exact) mass is 386 g/mol. The minimum absolute atomic E-state index is 0.747. The smallest absolute Gasteiger partial charge is 0.0163 e. The van der Waals surface area contributed by atoms with Crippen LogP contribution in [0.4, 0.5) is 0 Å². The molecule has 0 aliphatic rings. The summed E-state index contributed by atoms with van der Waals surface area (Å²) in [5, 5.41) is 0. The van der Waals surface area contributed by atoms with Crippen molar-refractivity contribution in [2.75, 3.05) is 0 Å². The Kier molecular flexibility index (Phi) is 4.29. The van der Waals surface area contributed by atoms with Gasteiger partial charge in [-0.2, -0.15) is 0 Å². The van der Waals surface area contributed by atoms with Gasteiger partial charge in [0, 0.05) is 7.14 Å². The highest BCUT2D eigenvalue weighted by atomic mass is 127. The van der Waals surface area contributed by atoms with Gasteiger partial charge in [-0.15, -0.1) is 0 Å². The van der Waals surface area contributed by atoms with E-state index in [2.05, 4.69) is 77.2 Å². The predicted molar refractivity (Wildman–Crippen MR) is 70.4 cm³/mol. The van der Waals surface area contributed by atoms with Gasteiger partial charge in [0.1, 0.15) is 0 Å². The van der Waals surface area contributed by atoms with Crippen molar-refractivity contribution in [3.63, 3.8) is 0 Å². The fourth-order valence-corrected chi connectivity index (χ4v) is 2.25. The van der Waals surface area contributed by atoms with Gasteiger partial charge in [-0.3, -0.25) is 0 Å². The zero-order chi connectivity index (χ0) is 9.14. The van der Waals surface area contributed by atoms with Gasteiger partial charge in [-0.1, -0.05) is 13.8 Å². The number of hydrogen-bond acceptors (Lipinski definition) is 0. The summed E-state index contributed by atoms with van der Waals surface area (Å²) < 4.78 is 2.73. The maximum atomic E-state index is 2.41. The first-order valence-corrected chi connectivity index (χ1v) is 6.19. The molecular formula is C10H12I2. The van der Waals surface area contributed by atoms with E-state index in [9.17, 15) is 0 Å². The maximum absolute atomic E-state index is 2.41. The Morgan fingerprint density at radius 1 is 1.25 bits per heavy atom. The second-order valence-electron chi connectivity index (χ2n) is 3.33. The topological polar surface area (TPSA) is 0 Å². The standard InChI is InChI=1S/C10H12I2/c1-7(2)5-8-6-9(11)3-4-10(8)12/h3-4,6-7H,5H2,1-2H3. The molecule has 12 heavy (non-hydrogen) atoms. The lowest BCUT2D eigenvalue weighted by Crippen LogP contribution is -1.96. The summed E-state index contributed by atoms with van der Waals surface area (Å²) in [5.41, 5.74) is 1.48. The third-order valence-electron chi connectivity index (χ3n) is 1.64. The molecule has 0 saturated heterocycles. The van der Waals surface area contributed by atoms with E-state index in [-0.39, 0.29) is 0 Å². The van der Waals surface area contributed by atoms with E-state index in [0.29, 0.717) is 0 Å². The highest BCUT2D eigenvalue weighted by molar-refractivity contribution is 14.1. The van der Waals surface area contributed by atoms with Crippen LogP contribution in [0.2, 0.25) is 0 Å². The van der Waals surface area contributed by atoms with E-state index in [4.69, 9.17) is 0 Å². The molecule has 0 unspecified atom stereocenters. The van der Waals surface area contributed by atoms with Crippen molar-refractivity contribution in [1.29, 1.82) is 0 Å². The minimum Gasteiger partial charge on any atom is -0.0625 e. The minimum atomic E-state index is 0.747.